The molecule has 0 radical (unpaired) electrons. The summed E-state index contributed by atoms with van der Waals surface area (Å²) in [6, 6.07) is 6.90. The van der Waals surface area contributed by atoms with Gasteiger partial charge in [-0.3, -0.25) is 0 Å². The third-order valence-corrected chi connectivity index (χ3v) is 1.84. The summed E-state index contributed by atoms with van der Waals surface area (Å²) in [6.07, 6.45) is 0.799. The molecule has 3 nitrogen and oxygen atoms in total. The van der Waals surface area contributed by atoms with E-state index in [-0.39, 0.29) is 65.4 Å². The largest absolute Gasteiger partial charge is 1.00 e. The minimum atomic E-state index is -0.364. The van der Waals surface area contributed by atoms with E-state index < -0.39 is 0 Å². The third-order valence-electron chi connectivity index (χ3n) is 1.84. The standard InChI is InChI=1S/C11H14O3.K.H/c1-2-7-14-11(13)10-6-4-3-5-9(10)8-12;;/h3-6,12H,2,7-8H2,1H3;;/q;+1;-1. The van der Waals surface area contributed by atoms with Gasteiger partial charge in [0.15, 0.2) is 0 Å². The maximum absolute atomic E-state index is 11.4. The quantitative estimate of drug-likeness (QED) is 0.529. The van der Waals surface area contributed by atoms with Crippen LogP contribution in [0.5, 0.6) is 0 Å². The van der Waals surface area contributed by atoms with E-state index in [4.69, 9.17) is 9.84 Å². The number of esters is 1. The van der Waals surface area contributed by atoms with Crippen molar-refractivity contribution in [3.05, 3.63) is 35.4 Å². The Morgan fingerprint density at radius 2 is 2.13 bits per heavy atom. The van der Waals surface area contributed by atoms with Crippen LogP contribution in [0, 0.1) is 0 Å². The number of carbonyl (C=O) groups is 1. The summed E-state index contributed by atoms with van der Waals surface area (Å²) in [4.78, 5) is 11.4. The van der Waals surface area contributed by atoms with Gasteiger partial charge in [-0.25, -0.2) is 4.79 Å². The van der Waals surface area contributed by atoms with Gasteiger partial charge in [-0.2, -0.15) is 0 Å². The number of carbonyl (C=O) groups excluding carboxylic acids is 1. The number of aliphatic hydroxyl groups is 1. The van der Waals surface area contributed by atoms with E-state index in [1.165, 1.54) is 0 Å². The Hall–Kier alpha value is 0.286. The van der Waals surface area contributed by atoms with Gasteiger partial charge in [0, 0.05) is 0 Å². The van der Waals surface area contributed by atoms with E-state index in [2.05, 4.69) is 0 Å². The van der Waals surface area contributed by atoms with E-state index in [9.17, 15) is 4.79 Å². The molecule has 0 amide bonds. The number of aliphatic hydroxyl groups excluding tert-OH is 1. The molecule has 0 heterocycles. The number of ether oxygens (including phenoxy) is 1. The Balaban J connectivity index is 0. The maximum atomic E-state index is 11.4. The normalized spacial score (nSPS) is 9.20. The fourth-order valence-corrected chi connectivity index (χ4v) is 1.13. The molecule has 0 aromatic heterocycles. The van der Waals surface area contributed by atoms with E-state index >= 15 is 0 Å². The molecule has 0 spiro atoms. The van der Waals surface area contributed by atoms with Crippen molar-refractivity contribution >= 4 is 5.97 Å². The molecule has 0 aliphatic carbocycles. The van der Waals surface area contributed by atoms with Crippen LogP contribution in [0.15, 0.2) is 24.3 Å². The summed E-state index contributed by atoms with van der Waals surface area (Å²) in [5.74, 6) is -0.364. The van der Waals surface area contributed by atoms with Crippen molar-refractivity contribution in [2.24, 2.45) is 0 Å². The fraction of sp³-hybridized carbons (Fsp3) is 0.364. The van der Waals surface area contributed by atoms with Gasteiger partial charge in [-0.1, -0.05) is 25.1 Å². The first-order valence-corrected chi connectivity index (χ1v) is 4.65. The van der Waals surface area contributed by atoms with E-state index in [1.54, 1.807) is 24.3 Å². The first-order chi connectivity index (χ1) is 6.79. The number of benzene rings is 1. The van der Waals surface area contributed by atoms with Gasteiger partial charge in [-0.05, 0) is 18.1 Å². The van der Waals surface area contributed by atoms with Gasteiger partial charge in [0.05, 0.1) is 18.8 Å². The number of rotatable bonds is 4. The average Bonchev–Trinajstić information content (AvgIpc) is 2.25. The van der Waals surface area contributed by atoms with Crippen LogP contribution in [-0.4, -0.2) is 17.7 Å². The molecule has 78 valence electrons. The topological polar surface area (TPSA) is 46.5 Å². The van der Waals surface area contributed by atoms with Gasteiger partial charge in [-0.15, -0.1) is 0 Å². The Kier molecular flexibility index (Phi) is 8.60. The zero-order valence-corrected chi connectivity index (χ0v) is 12.3. The molecular formula is C11H15KO3. The Bertz CT molecular complexity index is 318. The zero-order valence-electron chi connectivity index (χ0n) is 10.2. The summed E-state index contributed by atoms with van der Waals surface area (Å²) in [6.45, 7) is 2.21. The first-order valence-electron chi connectivity index (χ1n) is 4.65. The van der Waals surface area contributed by atoms with Crippen molar-refractivity contribution in [2.45, 2.75) is 20.0 Å². The van der Waals surface area contributed by atoms with Gasteiger partial charge in [0.2, 0.25) is 0 Å². The number of hydrogen-bond donors (Lipinski definition) is 1. The molecule has 1 rings (SSSR count). The zero-order chi connectivity index (χ0) is 10.4. The SMILES string of the molecule is CCCOC(=O)c1ccccc1CO.[H-].[K+]. The monoisotopic (exact) mass is 234 g/mol. The van der Waals surface area contributed by atoms with Crippen molar-refractivity contribution in [1.82, 2.24) is 0 Å². The third kappa shape index (κ3) is 4.76. The summed E-state index contributed by atoms with van der Waals surface area (Å²) in [7, 11) is 0. The molecule has 0 aliphatic heterocycles. The van der Waals surface area contributed by atoms with Crippen molar-refractivity contribution < 1.29 is 67.4 Å². The molecule has 1 N–H and O–H groups in total. The molecule has 0 atom stereocenters. The second kappa shape index (κ2) is 8.44. The molecule has 0 fully saturated rings. The second-order valence-electron chi connectivity index (χ2n) is 2.95. The summed E-state index contributed by atoms with van der Waals surface area (Å²) < 4.78 is 4.97. The van der Waals surface area contributed by atoms with Crippen molar-refractivity contribution in [3.8, 4) is 0 Å². The Morgan fingerprint density at radius 1 is 1.47 bits per heavy atom. The van der Waals surface area contributed by atoms with Crippen LogP contribution in [0.3, 0.4) is 0 Å². The van der Waals surface area contributed by atoms with E-state index in [0.29, 0.717) is 17.7 Å². The fourth-order valence-electron chi connectivity index (χ4n) is 1.13. The minimum Gasteiger partial charge on any atom is -1.00 e. The predicted octanol–water partition coefficient (Wildman–Crippen LogP) is -1.14. The summed E-state index contributed by atoms with van der Waals surface area (Å²) in [5, 5.41) is 8.98. The van der Waals surface area contributed by atoms with Gasteiger partial charge in [0.25, 0.3) is 0 Å². The van der Waals surface area contributed by atoms with Crippen molar-refractivity contribution in [3.63, 3.8) is 0 Å². The van der Waals surface area contributed by atoms with Crippen LogP contribution in [-0.2, 0) is 11.3 Å². The minimum absolute atomic E-state index is 0. The van der Waals surface area contributed by atoms with E-state index in [0.717, 1.165) is 6.42 Å². The molecular weight excluding hydrogens is 219 g/mol. The van der Waals surface area contributed by atoms with Gasteiger partial charge >= 0.3 is 57.4 Å². The molecule has 1 aromatic carbocycles. The molecule has 4 heteroatoms. The Labute approximate surface area is 134 Å². The van der Waals surface area contributed by atoms with E-state index in [1.807, 2.05) is 6.92 Å². The molecule has 0 bridgehead atoms. The average molecular weight is 234 g/mol. The predicted molar refractivity (Wildman–Crippen MR) is 54.1 cm³/mol. The maximum Gasteiger partial charge on any atom is 1.00 e. The smallest absolute Gasteiger partial charge is 1.00 e. The van der Waals surface area contributed by atoms with Crippen LogP contribution >= 0.6 is 0 Å². The van der Waals surface area contributed by atoms with Gasteiger partial charge < -0.3 is 11.3 Å². The van der Waals surface area contributed by atoms with Crippen LogP contribution in [0.1, 0.15) is 30.7 Å². The molecule has 0 unspecified atom stereocenters. The van der Waals surface area contributed by atoms with Crippen LogP contribution in [0.4, 0.5) is 0 Å². The molecule has 15 heavy (non-hydrogen) atoms. The first kappa shape index (κ1) is 15.3. The molecule has 0 saturated carbocycles. The summed E-state index contributed by atoms with van der Waals surface area (Å²) in [5.41, 5.74) is 1.05. The molecule has 0 aliphatic rings. The number of hydrogen-bond acceptors (Lipinski definition) is 3. The molecule has 0 saturated heterocycles. The van der Waals surface area contributed by atoms with Crippen LogP contribution < -0.4 is 51.4 Å². The summed E-state index contributed by atoms with van der Waals surface area (Å²) >= 11 is 0. The van der Waals surface area contributed by atoms with Crippen molar-refractivity contribution in [2.75, 3.05) is 6.61 Å². The second-order valence-corrected chi connectivity index (χ2v) is 2.95. The Morgan fingerprint density at radius 3 is 2.73 bits per heavy atom. The van der Waals surface area contributed by atoms with Crippen LogP contribution in [0.2, 0.25) is 0 Å². The van der Waals surface area contributed by atoms with Gasteiger partial charge in [0.1, 0.15) is 0 Å². The van der Waals surface area contributed by atoms with Crippen molar-refractivity contribution in [1.29, 1.82) is 0 Å². The van der Waals surface area contributed by atoms with Crippen LogP contribution in [0.25, 0.3) is 0 Å². The molecule has 1 aromatic rings.